The first kappa shape index (κ1) is 38.2. The Labute approximate surface area is 379 Å². The van der Waals surface area contributed by atoms with Crippen molar-refractivity contribution in [3.63, 3.8) is 0 Å². The van der Waals surface area contributed by atoms with Crippen LogP contribution in [0.25, 0.3) is 89.2 Å². The van der Waals surface area contributed by atoms with Gasteiger partial charge in [-0.05, 0) is 89.7 Å². The van der Waals surface area contributed by atoms with E-state index >= 15 is 0 Å². The quantitative estimate of drug-likeness (QED) is 0.152. The minimum absolute atomic E-state index is 0.506. The van der Waals surface area contributed by atoms with Crippen LogP contribution in [0.3, 0.4) is 0 Å². The molecule has 2 nitrogen and oxygen atoms in total. The van der Waals surface area contributed by atoms with Gasteiger partial charge < -0.3 is 0 Å². The molecule has 12 rings (SSSR count). The molecule has 10 aromatic carbocycles. The van der Waals surface area contributed by atoms with Crippen molar-refractivity contribution in [2.24, 2.45) is 0 Å². The molecule has 1 aromatic heterocycles. The van der Waals surface area contributed by atoms with Gasteiger partial charge in [-0.3, -0.25) is 0 Å². The second-order valence-corrected chi connectivity index (χ2v) is 16.8. The van der Waals surface area contributed by atoms with E-state index in [0.29, 0.717) is 5.82 Å². The van der Waals surface area contributed by atoms with Crippen molar-refractivity contribution >= 4 is 10.8 Å². The van der Waals surface area contributed by atoms with Crippen molar-refractivity contribution < 1.29 is 0 Å². The highest BCUT2D eigenvalue weighted by atomic mass is 14.9. The predicted octanol–water partition coefficient (Wildman–Crippen LogP) is 16.0. The number of fused-ring (bicyclic) bond motifs is 4. The molecule has 0 saturated carbocycles. The molecule has 0 unspecified atom stereocenters. The van der Waals surface area contributed by atoms with E-state index in [2.05, 4.69) is 237 Å². The topological polar surface area (TPSA) is 25.8 Å². The van der Waals surface area contributed by atoms with Crippen LogP contribution in [-0.4, -0.2) is 9.97 Å². The number of hydrogen-bond acceptors (Lipinski definition) is 2. The van der Waals surface area contributed by atoms with Crippen LogP contribution in [0.4, 0.5) is 0 Å². The van der Waals surface area contributed by atoms with Crippen molar-refractivity contribution in [3.05, 3.63) is 277 Å². The molecular weight excluding hydrogens is 785 g/mol. The Morgan fingerprint density at radius 1 is 0.262 bits per heavy atom. The minimum Gasteiger partial charge on any atom is -0.228 e. The first-order valence-corrected chi connectivity index (χ1v) is 22.3. The van der Waals surface area contributed by atoms with E-state index in [1.165, 1.54) is 66.6 Å². The van der Waals surface area contributed by atoms with Crippen LogP contribution in [0.2, 0.25) is 0 Å². The lowest BCUT2D eigenvalue weighted by Gasteiger charge is -2.35. The molecule has 0 atom stereocenters. The Bertz CT molecular complexity index is 3470. The van der Waals surface area contributed by atoms with E-state index in [1.807, 2.05) is 18.2 Å². The lowest BCUT2D eigenvalue weighted by Crippen LogP contribution is -2.29. The molecule has 1 heterocycles. The van der Waals surface area contributed by atoms with E-state index in [4.69, 9.17) is 9.97 Å². The molecule has 0 spiro atoms. The first-order valence-electron chi connectivity index (χ1n) is 22.3. The van der Waals surface area contributed by atoms with Crippen molar-refractivity contribution in [1.29, 1.82) is 0 Å². The molecular formula is C63H42N2. The molecule has 11 aromatic rings. The molecule has 1 aliphatic carbocycles. The summed E-state index contributed by atoms with van der Waals surface area (Å²) in [6, 6.07) is 92.0. The zero-order valence-corrected chi connectivity index (χ0v) is 35.6. The molecule has 0 amide bonds. The van der Waals surface area contributed by atoms with Crippen LogP contribution in [-0.2, 0) is 5.41 Å². The van der Waals surface area contributed by atoms with Gasteiger partial charge in [0.1, 0.15) is 0 Å². The highest BCUT2D eigenvalue weighted by molar-refractivity contribution is 6.05. The third kappa shape index (κ3) is 6.50. The number of benzene rings is 10. The maximum atomic E-state index is 5.27. The highest BCUT2D eigenvalue weighted by Gasteiger charge is 2.47. The van der Waals surface area contributed by atoms with Crippen LogP contribution >= 0.6 is 0 Å². The zero-order chi connectivity index (χ0) is 43.2. The van der Waals surface area contributed by atoms with Gasteiger partial charge in [0, 0.05) is 16.7 Å². The summed E-state index contributed by atoms with van der Waals surface area (Å²) in [4.78, 5) is 10.4. The Morgan fingerprint density at radius 2 is 0.723 bits per heavy atom. The molecule has 2 heteroatoms. The molecule has 0 radical (unpaired) electrons. The summed E-state index contributed by atoms with van der Waals surface area (Å²) in [5.74, 6) is 0.700. The number of hydrogen-bond donors (Lipinski definition) is 0. The third-order valence-electron chi connectivity index (χ3n) is 13.2. The van der Waals surface area contributed by atoms with E-state index in [1.54, 1.807) is 0 Å². The van der Waals surface area contributed by atoms with Gasteiger partial charge in [0.25, 0.3) is 0 Å². The van der Waals surface area contributed by atoms with Gasteiger partial charge in [0.05, 0.1) is 16.8 Å². The summed E-state index contributed by atoms with van der Waals surface area (Å²) in [5.41, 5.74) is 19.2. The Hall–Kier alpha value is -8.46. The molecule has 0 N–H and O–H groups in total. The summed E-state index contributed by atoms with van der Waals surface area (Å²) in [7, 11) is 0. The second-order valence-electron chi connectivity index (χ2n) is 16.8. The summed E-state index contributed by atoms with van der Waals surface area (Å²) < 4.78 is 0. The fourth-order valence-electron chi connectivity index (χ4n) is 10.3. The SMILES string of the molecule is c1ccc(-c2ccc(-c3cc(-c4ccc(-c5cccc(-c6cccc7c6C(c6ccccc6)(c6ccccc6)c6ccccc6-7)c5)c5ccccc45)nc(-c4ccccc4)n3)cc2)cc1. The van der Waals surface area contributed by atoms with Crippen molar-refractivity contribution in [2.75, 3.05) is 0 Å². The molecule has 1 aliphatic rings. The van der Waals surface area contributed by atoms with Gasteiger partial charge in [-0.1, -0.05) is 243 Å². The van der Waals surface area contributed by atoms with Gasteiger partial charge in [0.2, 0.25) is 0 Å². The van der Waals surface area contributed by atoms with Crippen LogP contribution in [0.1, 0.15) is 22.3 Å². The maximum Gasteiger partial charge on any atom is 0.160 e. The normalized spacial score (nSPS) is 12.4. The van der Waals surface area contributed by atoms with E-state index in [0.717, 1.165) is 39.0 Å². The Kier molecular flexibility index (Phi) is 9.43. The lowest BCUT2D eigenvalue weighted by molar-refractivity contribution is 0.770. The van der Waals surface area contributed by atoms with E-state index in [-0.39, 0.29) is 0 Å². The number of nitrogens with zero attached hydrogens (tertiary/aromatic N) is 2. The van der Waals surface area contributed by atoms with Crippen molar-refractivity contribution in [3.8, 4) is 78.4 Å². The van der Waals surface area contributed by atoms with Crippen LogP contribution in [0, 0.1) is 0 Å². The zero-order valence-electron chi connectivity index (χ0n) is 35.6. The monoisotopic (exact) mass is 826 g/mol. The highest BCUT2D eigenvalue weighted by Crippen LogP contribution is 2.58. The smallest absolute Gasteiger partial charge is 0.160 e. The maximum absolute atomic E-state index is 5.27. The molecule has 304 valence electrons. The molecule has 0 bridgehead atoms. The minimum atomic E-state index is -0.506. The van der Waals surface area contributed by atoms with E-state index < -0.39 is 5.41 Å². The fraction of sp³-hybridized carbons (Fsp3) is 0.0159. The Morgan fingerprint density at radius 3 is 1.42 bits per heavy atom. The molecule has 65 heavy (non-hydrogen) atoms. The average molecular weight is 827 g/mol. The Balaban J connectivity index is 1.00. The van der Waals surface area contributed by atoms with Gasteiger partial charge in [-0.25, -0.2) is 9.97 Å². The van der Waals surface area contributed by atoms with Crippen LogP contribution in [0.15, 0.2) is 255 Å². The summed E-state index contributed by atoms with van der Waals surface area (Å²) in [6.07, 6.45) is 0. The number of rotatable bonds is 8. The predicted molar refractivity (Wildman–Crippen MR) is 269 cm³/mol. The van der Waals surface area contributed by atoms with Crippen LogP contribution < -0.4 is 0 Å². The standard InChI is InChI=1S/C63H42N2/c1-5-19-43(20-6-1)44-35-37-45(38-36-44)59-42-60(65-62(64-59)46-21-7-2-8-22-46)56-40-39-51(53-29-13-14-30-54(53)56)47-23-17-24-48(41-47)52-32-18-33-57-55-31-15-16-34-58(55)63(61(52)57,49-25-9-3-10-26-49)50-27-11-4-12-28-50/h1-42H. The summed E-state index contributed by atoms with van der Waals surface area (Å²) >= 11 is 0. The largest absolute Gasteiger partial charge is 0.228 e. The summed E-state index contributed by atoms with van der Waals surface area (Å²) in [6.45, 7) is 0. The fourth-order valence-corrected chi connectivity index (χ4v) is 10.3. The van der Waals surface area contributed by atoms with E-state index in [9.17, 15) is 0 Å². The third-order valence-corrected chi connectivity index (χ3v) is 13.2. The molecule has 0 aliphatic heterocycles. The lowest BCUT2D eigenvalue weighted by atomic mass is 9.66. The van der Waals surface area contributed by atoms with Crippen molar-refractivity contribution in [1.82, 2.24) is 9.97 Å². The van der Waals surface area contributed by atoms with Gasteiger partial charge in [-0.2, -0.15) is 0 Å². The van der Waals surface area contributed by atoms with Crippen molar-refractivity contribution in [2.45, 2.75) is 5.41 Å². The molecule has 0 saturated heterocycles. The van der Waals surface area contributed by atoms with Crippen LogP contribution in [0.5, 0.6) is 0 Å². The number of aromatic nitrogens is 2. The average Bonchev–Trinajstić information content (AvgIpc) is 3.70. The second kappa shape index (κ2) is 16.0. The van der Waals surface area contributed by atoms with Gasteiger partial charge in [0.15, 0.2) is 5.82 Å². The summed E-state index contributed by atoms with van der Waals surface area (Å²) in [5, 5.41) is 2.31. The van der Waals surface area contributed by atoms with Gasteiger partial charge in [-0.15, -0.1) is 0 Å². The van der Waals surface area contributed by atoms with Gasteiger partial charge >= 0.3 is 0 Å². The molecule has 0 fully saturated rings. The first-order chi connectivity index (χ1) is 32.2.